The van der Waals surface area contributed by atoms with Gasteiger partial charge in [0, 0.05) is 25.4 Å². The lowest BCUT2D eigenvalue weighted by Crippen LogP contribution is -2.21. The van der Waals surface area contributed by atoms with Crippen LogP contribution >= 0.6 is 0 Å². The van der Waals surface area contributed by atoms with Crippen LogP contribution in [0.2, 0.25) is 0 Å². The molecule has 1 aromatic carbocycles. The monoisotopic (exact) mass is 243 g/mol. The van der Waals surface area contributed by atoms with Gasteiger partial charge in [-0.15, -0.1) is 0 Å². The molecule has 1 heterocycles. The van der Waals surface area contributed by atoms with E-state index < -0.39 is 0 Å². The largest absolute Gasteiger partial charge is 0.349 e. The molecule has 2 rings (SSSR count). The topological polar surface area (TPSA) is 40.7 Å². The second-order valence-electron chi connectivity index (χ2n) is 4.66. The molecule has 1 unspecified atom stereocenters. The standard InChI is InChI=1S/C15H21N3/c1-13(14-6-3-2-4-7-14)12-16-9-5-8-15-17-10-11-18-15/h2-4,6-7,10-11,13,16H,5,8-9,12H2,1H3,(H,17,18). The van der Waals surface area contributed by atoms with Crippen molar-refractivity contribution in [3.8, 4) is 0 Å². The quantitative estimate of drug-likeness (QED) is 0.734. The van der Waals surface area contributed by atoms with Gasteiger partial charge in [-0.05, 0) is 24.4 Å². The van der Waals surface area contributed by atoms with Crippen molar-refractivity contribution in [3.63, 3.8) is 0 Å². The number of hydrogen-bond acceptors (Lipinski definition) is 2. The third-order valence-corrected chi connectivity index (χ3v) is 3.14. The Morgan fingerprint density at radius 1 is 1.28 bits per heavy atom. The van der Waals surface area contributed by atoms with E-state index in [9.17, 15) is 0 Å². The Balaban J connectivity index is 1.61. The van der Waals surface area contributed by atoms with E-state index in [2.05, 4.69) is 52.5 Å². The van der Waals surface area contributed by atoms with Crippen LogP contribution in [0.25, 0.3) is 0 Å². The number of hydrogen-bond donors (Lipinski definition) is 2. The maximum atomic E-state index is 4.21. The molecule has 0 amide bonds. The summed E-state index contributed by atoms with van der Waals surface area (Å²) in [5, 5.41) is 3.50. The molecule has 0 radical (unpaired) electrons. The molecule has 0 aliphatic rings. The number of imidazole rings is 1. The summed E-state index contributed by atoms with van der Waals surface area (Å²) in [5.41, 5.74) is 1.40. The Labute approximate surface area is 109 Å². The summed E-state index contributed by atoms with van der Waals surface area (Å²) in [4.78, 5) is 7.34. The van der Waals surface area contributed by atoms with Crippen molar-refractivity contribution in [2.24, 2.45) is 0 Å². The van der Waals surface area contributed by atoms with Crippen LogP contribution in [0.15, 0.2) is 42.7 Å². The van der Waals surface area contributed by atoms with E-state index in [1.165, 1.54) is 5.56 Å². The van der Waals surface area contributed by atoms with Crippen molar-refractivity contribution >= 4 is 0 Å². The van der Waals surface area contributed by atoms with E-state index >= 15 is 0 Å². The molecule has 0 aliphatic heterocycles. The van der Waals surface area contributed by atoms with E-state index in [1.54, 1.807) is 6.20 Å². The molecule has 2 aromatic rings. The lowest BCUT2D eigenvalue weighted by atomic mass is 10.0. The zero-order valence-corrected chi connectivity index (χ0v) is 10.9. The number of aromatic nitrogens is 2. The Kier molecular flexibility index (Phi) is 4.97. The summed E-state index contributed by atoms with van der Waals surface area (Å²) < 4.78 is 0. The van der Waals surface area contributed by atoms with Crippen LogP contribution in [-0.4, -0.2) is 23.1 Å². The van der Waals surface area contributed by atoms with Crippen LogP contribution in [0.5, 0.6) is 0 Å². The molecule has 0 spiro atoms. The van der Waals surface area contributed by atoms with Crippen LogP contribution in [0.4, 0.5) is 0 Å². The number of aromatic amines is 1. The molecule has 0 saturated carbocycles. The number of aryl methyl sites for hydroxylation is 1. The number of H-pyrrole nitrogens is 1. The molecular weight excluding hydrogens is 222 g/mol. The zero-order valence-electron chi connectivity index (χ0n) is 10.9. The van der Waals surface area contributed by atoms with Gasteiger partial charge >= 0.3 is 0 Å². The Bertz CT molecular complexity index is 422. The van der Waals surface area contributed by atoms with Gasteiger partial charge in [0.2, 0.25) is 0 Å². The van der Waals surface area contributed by atoms with E-state index in [1.807, 2.05) is 6.20 Å². The average molecular weight is 243 g/mol. The molecule has 3 nitrogen and oxygen atoms in total. The summed E-state index contributed by atoms with van der Waals surface area (Å²) in [7, 11) is 0. The predicted molar refractivity (Wildman–Crippen MR) is 74.6 cm³/mol. The van der Waals surface area contributed by atoms with E-state index in [0.29, 0.717) is 5.92 Å². The SMILES string of the molecule is CC(CNCCCc1ncc[nH]1)c1ccccc1. The van der Waals surface area contributed by atoms with Gasteiger partial charge in [-0.25, -0.2) is 4.98 Å². The third-order valence-electron chi connectivity index (χ3n) is 3.14. The first-order valence-corrected chi connectivity index (χ1v) is 6.60. The Hall–Kier alpha value is -1.61. The van der Waals surface area contributed by atoms with Crippen molar-refractivity contribution < 1.29 is 0 Å². The Morgan fingerprint density at radius 3 is 2.83 bits per heavy atom. The molecule has 0 fully saturated rings. The molecule has 1 aromatic heterocycles. The summed E-state index contributed by atoms with van der Waals surface area (Å²) in [5.74, 6) is 1.64. The van der Waals surface area contributed by atoms with Crippen molar-refractivity contribution in [1.29, 1.82) is 0 Å². The second-order valence-corrected chi connectivity index (χ2v) is 4.66. The van der Waals surface area contributed by atoms with Gasteiger partial charge in [-0.1, -0.05) is 37.3 Å². The first-order valence-electron chi connectivity index (χ1n) is 6.60. The first-order chi connectivity index (χ1) is 8.86. The summed E-state index contributed by atoms with van der Waals surface area (Å²) in [6, 6.07) is 10.6. The molecule has 0 bridgehead atoms. The van der Waals surface area contributed by atoms with Crippen LogP contribution in [0.1, 0.15) is 30.7 Å². The maximum Gasteiger partial charge on any atom is 0.106 e. The smallest absolute Gasteiger partial charge is 0.106 e. The second kappa shape index (κ2) is 6.97. The fourth-order valence-electron chi connectivity index (χ4n) is 2.03. The first kappa shape index (κ1) is 12.8. The van der Waals surface area contributed by atoms with Gasteiger partial charge in [0.25, 0.3) is 0 Å². The van der Waals surface area contributed by atoms with Crippen molar-refractivity contribution in [2.75, 3.05) is 13.1 Å². The van der Waals surface area contributed by atoms with E-state index in [4.69, 9.17) is 0 Å². The number of rotatable bonds is 7. The summed E-state index contributed by atoms with van der Waals surface area (Å²) in [6.45, 7) is 4.33. The van der Waals surface area contributed by atoms with E-state index in [-0.39, 0.29) is 0 Å². The van der Waals surface area contributed by atoms with Gasteiger partial charge in [-0.3, -0.25) is 0 Å². The summed E-state index contributed by atoms with van der Waals surface area (Å²) in [6.07, 6.45) is 5.81. The minimum absolute atomic E-state index is 0.565. The number of nitrogens with one attached hydrogen (secondary N) is 2. The molecule has 18 heavy (non-hydrogen) atoms. The molecular formula is C15H21N3. The van der Waals surface area contributed by atoms with Gasteiger partial charge < -0.3 is 10.3 Å². The van der Waals surface area contributed by atoms with Gasteiger partial charge in [0.1, 0.15) is 5.82 Å². The van der Waals surface area contributed by atoms with Gasteiger partial charge in [0.15, 0.2) is 0 Å². The van der Waals surface area contributed by atoms with Crippen molar-refractivity contribution in [3.05, 3.63) is 54.1 Å². The van der Waals surface area contributed by atoms with Gasteiger partial charge in [0.05, 0.1) is 0 Å². The molecule has 2 N–H and O–H groups in total. The summed E-state index contributed by atoms with van der Waals surface area (Å²) >= 11 is 0. The fourth-order valence-corrected chi connectivity index (χ4v) is 2.03. The fraction of sp³-hybridized carbons (Fsp3) is 0.400. The van der Waals surface area contributed by atoms with Gasteiger partial charge in [-0.2, -0.15) is 0 Å². The lowest BCUT2D eigenvalue weighted by molar-refractivity contribution is 0.592. The molecule has 96 valence electrons. The highest BCUT2D eigenvalue weighted by atomic mass is 14.9. The normalized spacial score (nSPS) is 12.5. The minimum Gasteiger partial charge on any atom is -0.349 e. The molecule has 0 aliphatic carbocycles. The van der Waals surface area contributed by atoms with Crippen LogP contribution in [-0.2, 0) is 6.42 Å². The van der Waals surface area contributed by atoms with Crippen LogP contribution in [0.3, 0.4) is 0 Å². The number of nitrogens with zero attached hydrogens (tertiary/aromatic N) is 1. The molecule has 0 saturated heterocycles. The van der Waals surface area contributed by atoms with Crippen molar-refractivity contribution in [2.45, 2.75) is 25.7 Å². The lowest BCUT2D eigenvalue weighted by Gasteiger charge is -2.12. The zero-order chi connectivity index (χ0) is 12.6. The Morgan fingerprint density at radius 2 is 2.11 bits per heavy atom. The third kappa shape index (κ3) is 4.00. The predicted octanol–water partition coefficient (Wildman–Crippen LogP) is 2.74. The van der Waals surface area contributed by atoms with Crippen molar-refractivity contribution in [1.82, 2.24) is 15.3 Å². The van der Waals surface area contributed by atoms with Crippen LogP contribution in [0, 0.1) is 0 Å². The molecule has 1 atom stereocenters. The van der Waals surface area contributed by atoms with E-state index in [0.717, 1.165) is 31.8 Å². The maximum absolute atomic E-state index is 4.21. The molecule has 3 heteroatoms. The van der Waals surface area contributed by atoms with Crippen LogP contribution < -0.4 is 5.32 Å². The highest BCUT2D eigenvalue weighted by molar-refractivity contribution is 5.18. The highest BCUT2D eigenvalue weighted by Gasteiger charge is 2.03. The minimum atomic E-state index is 0.565. The average Bonchev–Trinajstić information content (AvgIpc) is 2.92. The highest BCUT2D eigenvalue weighted by Crippen LogP contribution is 2.12. The number of benzene rings is 1.